The summed E-state index contributed by atoms with van der Waals surface area (Å²) in [5.74, 6) is -1.68. The molecule has 0 aliphatic carbocycles. The highest BCUT2D eigenvalue weighted by atomic mass is 35.5. The first kappa shape index (κ1) is 26.0. The first-order valence-corrected chi connectivity index (χ1v) is 11.8. The summed E-state index contributed by atoms with van der Waals surface area (Å²) in [4.78, 5) is 54.9. The van der Waals surface area contributed by atoms with Gasteiger partial charge >= 0.3 is 6.18 Å². The Labute approximate surface area is 221 Å². The summed E-state index contributed by atoms with van der Waals surface area (Å²) in [6, 6.07) is 6.09. The van der Waals surface area contributed by atoms with Gasteiger partial charge in [-0.2, -0.15) is 13.2 Å². The molecule has 2 aromatic carbocycles. The molecule has 15 heteroatoms. The smallest absolute Gasteiger partial charge is 0.319 e. The van der Waals surface area contributed by atoms with Crippen molar-refractivity contribution < 1.29 is 27.6 Å². The fraction of sp³-hybridized carbons (Fsp3) is 0.208. The number of rotatable bonds is 4. The lowest BCUT2D eigenvalue weighted by molar-refractivity contribution is -0.138. The minimum absolute atomic E-state index is 0.0635. The van der Waals surface area contributed by atoms with Crippen LogP contribution in [0.1, 0.15) is 40.8 Å². The number of alkyl halides is 3. The molecule has 0 bridgehead atoms. The molecule has 3 amide bonds. The highest BCUT2D eigenvalue weighted by Gasteiger charge is 2.32. The second kappa shape index (κ2) is 9.62. The number of carbonyl (C=O) groups is 3. The molecule has 0 spiro atoms. The van der Waals surface area contributed by atoms with Gasteiger partial charge in [0.25, 0.3) is 11.5 Å². The fourth-order valence-electron chi connectivity index (χ4n) is 4.33. The number of amides is 3. The Morgan fingerprint density at radius 3 is 2.67 bits per heavy atom. The Morgan fingerprint density at radius 1 is 1.18 bits per heavy atom. The van der Waals surface area contributed by atoms with Crippen LogP contribution in [-0.4, -0.2) is 42.3 Å². The van der Waals surface area contributed by atoms with Gasteiger partial charge in [-0.1, -0.05) is 22.9 Å². The number of hydrogen-bond donors (Lipinski definition) is 2. The summed E-state index contributed by atoms with van der Waals surface area (Å²) in [5, 5.41) is 12.2. The molecule has 11 nitrogen and oxygen atoms in total. The molecule has 0 saturated carbocycles. The monoisotopic (exact) mass is 559 g/mol. The number of aromatic nitrogens is 5. The van der Waals surface area contributed by atoms with E-state index >= 15 is 0 Å². The predicted molar refractivity (Wildman–Crippen MR) is 131 cm³/mol. The Balaban J connectivity index is 1.52. The Hall–Kier alpha value is -4.59. The molecule has 1 unspecified atom stereocenters. The molecule has 1 atom stereocenters. The maximum absolute atomic E-state index is 13.3. The molecule has 3 heterocycles. The number of fused-ring (bicyclic) bond motifs is 1. The lowest BCUT2D eigenvalue weighted by Crippen LogP contribution is -2.45. The molecular weight excluding hydrogens is 543 g/mol. The van der Waals surface area contributed by atoms with Gasteiger partial charge in [0.2, 0.25) is 11.8 Å². The van der Waals surface area contributed by atoms with Crippen LogP contribution < -0.4 is 16.2 Å². The highest BCUT2D eigenvalue weighted by molar-refractivity contribution is 6.32. The Kier molecular flexibility index (Phi) is 6.42. The van der Waals surface area contributed by atoms with Crippen molar-refractivity contribution in [2.75, 3.05) is 5.32 Å². The molecule has 0 radical (unpaired) electrons. The van der Waals surface area contributed by atoms with Crippen LogP contribution in [0, 0.1) is 6.92 Å². The average molecular weight is 560 g/mol. The largest absolute Gasteiger partial charge is 0.416 e. The van der Waals surface area contributed by atoms with E-state index in [1.54, 1.807) is 0 Å². The minimum Gasteiger partial charge on any atom is -0.319 e. The van der Waals surface area contributed by atoms with Crippen molar-refractivity contribution in [3.05, 3.63) is 75.1 Å². The van der Waals surface area contributed by atoms with Crippen LogP contribution in [0.3, 0.4) is 0 Å². The third-order valence-corrected chi connectivity index (χ3v) is 6.48. The number of anilines is 1. The summed E-state index contributed by atoms with van der Waals surface area (Å²) in [7, 11) is 0. The van der Waals surface area contributed by atoms with Gasteiger partial charge in [0, 0.05) is 6.42 Å². The van der Waals surface area contributed by atoms with E-state index in [0.717, 1.165) is 29.1 Å². The van der Waals surface area contributed by atoms with Gasteiger partial charge in [0.15, 0.2) is 5.69 Å². The molecule has 200 valence electrons. The molecule has 4 aromatic rings. The SMILES string of the molecule is Cc1nc2c(NC(=O)c3cnnn3-c3cc(C(F)(F)F)ccc3Cl)cccc2c(=O)n1C1CCC(=O)NC1=O. The minimum atomic E-state index is -4.66. The molecular formula is C24H17ClF3N7O4. The van der Waals surface area contributed by atoms with Crippen LogP contribution >= 0.6 is 11.6 Å². The van der Waals surface area contributed by atoms with Gasteiger partial charge in [-0.05, 0) is 43.7 Å². The van der Waals surface area contributed by atoms with E-state index in [-0.39, 0.29) is 51.7 Å². The van der Waals surface area contributed by atoms with E-state index in [1.807, 2.05) is 0 Å². The van der Waals surface area contributed by atoms with Crippen LogP contribution in [0.2, 0.25) is 5.02 Å². The van der Waals surface area contributed by atoms with Crippen LogP contribution in [0.25, 0.3) is 16.6 Å². The molecule has 2 aromatic heterocycles. The highest BCUT2D eigenvalue weighted by Crippen LogP contribution is 2.33. The third-order valence-electron chi connectivity index (χ3n) is 6.16. The van der Waals surface area contributed by atoms with E-state index in [0.29, 0.717) is 0 Å². The molecule has 1 aliphatic heterocycles. The van der Waals surface area contributed by atoms with Crippen LogP contribution in [0.4, 0.5) is 18.9 Å². The van der Waals surface area contributed by atoms with Crippen molar-refractivity contribution >= 4 is 45.9 Å². The summed E-state index contributed by atoms with van der Waals surface area (Å²) >= 11 is 6.10. The van der Waals surface area contributed by atoms with E-state index in [4.69, 9.17) is 11.6 Å². The Bertz CT molecular complexity index is 1730. The first-order valence-electron chi connectivity index (χ1n) is 11.4. The number of hydrogen-bond acceptors (Lipinski definition) is 7. The second-order valence-corrected chi connectivity index (χ2v) is 9.06. The van der Waals surface area contributed by atoms with Crippen molar-refractivity contribution in [2.24, 2.45) is 0 Å². The van der Waals surface area contributed by atoms with Crippen molar-refractivity contribution in [1.29, 1.82) is 0 Å². The predicted octanol–water partition coefficient (Wildman–Crippen LogP) is 3.19. The topological polar surface area (TPSA) is 141 Å². The second-order valence-electron chi connectivity index (χ2n) is 8.65. The zero-order valence-electron chi connectivity index (χ0n) is 19.9. The fourth-order valence-corrected chi connectivity index (χ4v) is 4.53. The van der Waals surface area contributed by atoms with Crippen molar-refractivity contribution in [3.63, 3.8) is 0 Å². The molecule has 1 aliphatic rings. The van der Waals surface area contributed by atoms with Crippen molar-refractivity contribution in [2.45, 2.75) is 32.0 Å². The molecule has 1 fully saturated rings. The number of benzene rings is 2. The quantitative estimate of drug-likeness (QED) is 0.366. The van der Waals surface area contributed by atoms with Crippen molar-refractivity contribution in [3.8, 4) is 5.69 Å². The van der Waals surface area contributed by atoms with Crippen molar-refractivity contribution in [1.82, 2.24) is 29.9 Å². The van der Waals surface area contributed by atoms with Gasteiger partial charge in [-0.25, -0.2) is 9.67 Å². The van der Waals surface area contributed by atoms with E-state index in [2.05, 4.69) is 25.9 Å². The van der Waals surface area contributed by atoms with E-state index < -0.39 is 41.1 Å². The first-order chi connectivity index (χ1) is 18.5. The van der Waals surface area contributed by atoms with Crippen LogP contribution in [0.5, 0.6) is 0 Å². The lowest BCUT2D eigenvalue weighted by Gasteiger charge is -2.24. The summed E-state index contributed by atoms with van der Waals surface area (Å²) < 4.78 is 41.8. The molecule has 1 saturated heterocycles. The zero-order chi connectivity index (χ0) is 28.1. The number of imide groups is 1. The lowest BCUT2D eigenvalue weighted by atomic mass is 10.1. The van der Waals surface area contributed by atoms with Crippen LogP contribution in [0.15, 0.2) is 47.4 Å². The Morgan fingerprint density at radius 2 is 1.95 bits per heavy atom. The number of halogens is 4. The summed E-state index contributed by atoms with van der Waals surface area (Å²) in [6.07, 6.45) is -3.42. The van der Waals surface area contributed by atoms with Gasteiger partial charge in [0.05, 0.1) is 33.5 Å². The summed E-state index contributed by atoms with van der Waals surface area (Å²) in [6.45, 7) is 1.51. The van der Waals surface area contributed by atoms with Gasteiger partial charge in [-0.15, -0.1) is 5.10 Å². The van der Waals surface area contributed by atoms with Gasteiger partial charge in [0.1, 0.15) is 17.4 Å². The van der Waals surface area contributed by atoms with Gasteiger partial charge in [-0.3, -0.25) is 29.1 Å². The standard InChI is InChI=1S/C24H17ClF3N7O4/c1-11-30-20-13(23(39)34(11)16-7-8-19(36)32-21(16)37)3-2-4-15(20)31-22(38)18-10-29-33-35(18)17-9-12(24(26,27)28)5-6-14(17)25/h2-6,9-10,16H,7-8H2,1H3,(H,31,38)(H,32,36,37). The number of carbonyl (C=O) groups excluding carboxylic acids is 3. The maximum Gasteiger partial charge on any atom is 0.416 e. The van der Waals surface area contributed by atoms with Crippen LogP contribution in [-0.2, 0) is 15.8 Å². The number of nitrogens with zero attached hydrogens (tertiary/aromatic N) is 5. The molecule has 5 rings (SSSR count). The average Bonchev–Trinajstić information content (AvgIpc) is 3.35. The zero-order valence-corrected chi connectivity index (χ0v) is 20.7. The maximum atomic E-state index is 13.3. The normalized spacial score (nSPS) is 15.9. The van der Waals surface area contributed by atoms with E-state index in [9.17, 15) is 32.3 Å². The summed E-state index contributed by atoms with van der Waals surface area (Å²) in [5.41, 5.74) is -1.76. The third kappa shape index (κ3) is 4.74. The number of piperidine rings is 1. The van der Waals surface area contributed by atoms with E-state index in [1.165, 1.54) is 29.7 Å². The molecule has 2 N–H and O–H groups in total. The van der Waals surface area contributed by atoms with Gasteiger partial charge < -0.3 is 5.32 Å². The molecule has 39 heavy (non-hydrogen) atoms. The number of nitrogens with one attached hydrogen (secondary N) is 2. The number of para-hydroxylation sites is 1. The number of aryl methyl sites for hydroxylation is 1.